The minimum Gasteiger partial charge on any atom is -0.354 e. The van der Waals surface area contributed by atoms with Crippen LogP contribution in [0.25, 0.3) is 4.96 Å². The van der Waals surface area contributed by atoms with Crippen LogP contribution in [0.3, 0.4) is 0 Å². The molecule has 0 saturated carbocycles. The summed E-state index contributed by atoms with van der Waals surface area (Å²) in [5, 5.41) is 2.05. The summed E-state index contributed by atoms with van der Waals surface area (Å²) >= 11 is 7.78. The average molecular weight is 301 g/mol. The van der Waals surface area contributed by atoms with Crippen molar-refractivity contribution >= 4 is 33.7 Å². The Morgan fingerprint density at radius 2 is 2.11 bits per heavy atom. The summed E-state index contributed by atoms with van der Waals surface area (Å²) in [6.07, 6.45) is 3.16. The summed E-state index contributed by atoms with van der Waals surface area (Å²) in [4.78, 5) is 10.3. The van der Waals surface area contributed by atoms with Gasteiger partial charge in [-0.05, 0) is 20.5 Å². The maximum atomic E-state index is 6.12. The third-order valence-electron chi connectivity index (χ3n) is 3.08. The van der Waals surface area contributed by atoms with Crippen molar-refractivity contribution in [1.82, 2.24) is 14.3 Å². The highest BCUT2D eigenvalue weighted by Gasteiger charge is 2.17. The molecule has 0 aliphatic heterocycles. The van der Waals surface area contributed by atoms with Crippen molar-refractivity contribution in [3.05, 3.63) is 17.3 Å². The lowest BCUT2D eigenvalue weighted by Gasteiger charge is -2.24. The number of aromatic nitrogens is 2. The van der Waals surface area contributed by atoms with E-state index in [0.717, 1.165) is 42.5 Å². The SMILES string of the molecule is CCCN(CCN(C)C)c1nc2sccn2c1CCl. The number of alkyl halides is 1. The van der Waals surface area contributed by atoms with Crippen LogP contribution in [0.5, 0.6) is 0 Å². The van der Waals surface area contributed by atoms with Crippen LogP contribution in [0.15, 0.2) is 11.6 Å². The van der Waals surface area contributed by atoms with Gasteiger partial charge in [0, 0.05) is 31.2 Å². The van der Waals surface area contributed by atoms with E-state index in [1.807, 2.05) is 11.6 Å². The highest BCUT2D eigenvalue weighted by molar-refractivity contribution is 7.15. The van der Waals surface area contributed by atoms with Gasteiger partial charge in [-0.15, -0.1) is 22.9 Å². The lowest BCUT2D eigenvalue weighted by molar-refractivity contribution is 0.412. The first-order valence-electron chi connectivity index (χ1n) is 6.57. The van der Waals surface area contributed by atoms with E-state index in [4.69, 9.17) is 16.6 Å². The van der Waals surface area contributed by atoms with E-state index in [0.29, 0.717) is 5.88 Å². The van der Waals surface area contributed by atoms with Gasteiger partial charge in [0.1, 0.15) is 0 Å². The van der Waals surface area contributed by atoms with Gasteiger partial charge in [-0.1, -0.05) is 6.92 Å². The largest absolute Gasteiger partial charge is 0.354 e. The number of likely N-dealkylation sites (N-methyl/N-ethyl adjacent to an activating group) is 1. The van der Waals surface area contributed by atoms with Crippen molar-refractivity contribution in [2.75, 3.05) is 38.6 Å². The Kier molecular flexibility index (Phi) is 5.07. The molecule has 19 heavy (non-hydrogen) atoms. The van der Waals surface area contributed by atoms with Gasteiger partial charge in [-0.3, -0.25) is 4.40 Å². The first-order valence-corrected chi connectivity index (χ1v) is 7.98. The van der Waals surface area contributed by atoms with E-state index >= 15 is 0 Å². The van der Waals surface area contributed by atoms with Crippen molar-refractivity contribution in [3.8, 4) is 0 Å². The highest BCUT2D eigenvalue weighted by Crippen LogP contribution is 2.26. The molecule has 6 heteroatoms. The molecule has 0 radical (unpaired) electrons. The van der Waals surface area contributed by atoms with Crippen LogP contribution in [0.2, 0.25) is 0 Å². The van der Waals surface area contributed by atoms with Gasteiger partial charge in [0.2, 0.25) is 0 Å². The summed E-state index contributed by atoms with van der Waals surface area (Å²) in [7, 11) is 4.19. The smallest absolute Gasteiger partial charge is 0.195 e. The molecule has 106 valence electrons. The van der Waals surface area contributed by atoms with Gasteiger partial charge < -0.3 is 9.80 Å². The summed E-state index contributed by atoms with van der Waals surface area (Å²) in [5.74, 6) is 1.54. The number of hydrogen-bond acceptors (Lipinski definition) is 4. The second-order valence-corrected chi connectivity index (χ2v) is 6.00. The summed E-state index contributed by atoms with van der Waals surface area (Å²) in [6.45, 7) is 5.21. The van der Waals surface area contributed by atoms with Crippen molar-refractivity contribution in [1.29, 1.82) is 0 Å². The van der Waals surface area contributed by atoms with Crippen molar-refractivity contribution < 1.29 is 0 Å². The monoisotopic (exact) mass is 300 g/mol. The van der Waals surface area contributed by atoms with Crippen molar-refractivity contribution in [2.45, 2.75) is 19.2 Å². The zero-order chi connectivity index (χ0) is 13.8. The molecule has 2 heterocycles. The number of imidazole rings is 1. The third-order valence-corrected chi connectivity index (χ3v) is 4.09. The maximum Gasteiger partial charge on any atom is 0.195 e. The van der Waals surface area contributed by atoms with Crippen LogP contribution in [0, 0.1) is 0 Å². The molecule has 0 bridgehead atoms. The molecular formula is C13H21ClN4S. The summed E-state index contributed by atoms with van der Waals surface area (Å²) in [6, 6.07) is 0. The van der Waals surface area contributed by atoms with Crippen molar-refractivity contribution in [2.24, 2.45) is 0 Å². The molecule has 0 amide bonds. The van der Waals surface area contributed by atoms with E-state index in [2.05, 4.69) is 35.2 Å². The molecule has 0 fully saturated rings. The molecule has 0 spiro atoms. The van der Waals surface area contributed by atoms with Gasteiger partial charge in [-0.25, -0.2) is 4.98 Å². The van der Waals surface area contributed by atoms with Crippen molar-refractivity contribution in [3.63, 3.8) is 0 Å². The average Bonchev–Trinajstić information content (AvgIpc) is 2.93. The molecular weight excluding hydrogens is 280 g/mol. The van der Waals surface area contributed by atoms with Crippen LogP contribution in [0.1, 0.15) is 19.0 Å². The van der Waals surface area contributed by atoms with E-state index in [1.54, 1.807) is 11.3 Å². The molecule has 0 aliphatic carbocycles. The Bertz CT molecular complexity index is 520. The Balaban J connectivity index is 2.28. The lowest BCUT2D eigenvalue weighted by Crippen LogP contribution is -2.33. The normalized spacial score (nSPS) is 11.6. The molecule has 0 aliphatic rings. The van der Waals surface area contributed by atoms with Gasteiger partial charge in [0.25, 0.3) is 0 Å². The summed E-state index contributed by atoms with van der Waals surface area (Å²) < 4.78 is 2.10. The Labute approximate surface area is 123 Å². The number of thiazole rings is 1. The first-order chi connectivity index (χ1) is 9.17. The quantitative estimate of drug-likeness (QED) is 0.735. The van der Waals surface area contributed by atoms with E-state index in [1.165, 1.54) is 0 Å². The standard InChI is InChI=1S/C13H21ClN4S/c1-4-5-17(7-6-16(2)3)12-11(10-14)18-8-9-19-13(18)15-12/h8-9H,4-7,10H2,1-3H3. The van der Waals surface area contributed by atoms with E-state index in [9.17, 15) is 0 Å². The first kappa shape index (κ1) is 14.6. The Hall–Kier alpha value is -0.780. The molecule has 0 N–H and O–H groups in total. The van der Waals surface area contributed by atoms with Crippen LogP contribution < -0.4 is 4.90 Å². The zero-order valence-corrected chi connectivity index (χ0v) is 13.3. The number of nitrogens with zero attached hydrogens (tertiary/aromatic N) is 4. The molecule has 2 rings (SSSR count). The molecule has 2 aromatic rings. The third kappa shape index (κ3) is 3.22. The Morgan fingerprint density at radius 1 is 1.32 bits per heavy atom. The fourth-order valence-corrected chi connectivity index (χ4v) is 3.09. The number of hydrogen-bond donors (Lipinski definition) is 0. The van der Waals surface area contributed by atoms with E-state index < -0.39 is 0 Å². The second-order valence-electron chi connectivity index (χ2n) is 4.86. The van der Waals surface area contributed by atoms with Crippen LogP contribution in [-0.2, 0) is 5.88 Å². The van der Waals surface area contributed by atoms with Crippen LogP contribution >= 0.6 is 22.9 Å². The molecule has 0 aromatic carbocycles. The topological polar surface area (TPSA) is 23.8 Å². The minimum absolute atomic E-state index is 0.495. The van der Waals surface area contributed by atoms with Gasteiger partial charge in [-0.2, -0.15) is 0 Å². The predicted octanol–water partition coefficient (Wildman–Crippen LogP) is 2.91. The highest BCUT2D eigenvalue weighted by atomic mass is 35.5. The molecule has 0 unspecified atom stereocenters. The minimum atomic E-state index is 0.495. The number of fused-ring (bicyclic) bond motifs is 1. The Morgan fingerprint density at radius 3 is 2.74 bits per heavy atom. The molecule has 2 aromatic heterocycles. The van der Waals surface area contributed by atoms with E-state index in [-0.39, 0.29) is 0 Å². The number of halogens is 1. The van der Waals surface area contributed by atoms with Crippen LogP contribution in [0.4, 0.5) is 5.82 Å². The molecule has 0 atom stereocenters. The fourth-order valence-electron chi connectivity index (χ4n) is 2.11. The zero-order valence-electron chi connectivity index (χ0n) is 11.8. The second kappa shape index (κ2) is 6.59. The summed E-state index contributed by atoms with van der Waals surface area (Å²) in [5.41, 5.74) is 1.10. The van der Waals surface area contributed by atoms with Crippen LogP contribution in [-0.4, -0.2) is 48.0 Å². The van der Waals surface area contributed by atoms with Gasteiger partial charge in [0.05, 0.1) is 11.6 Å². The van der Waals surface area contributed by atoms with Gasteiger partial charge in [0.15, 0.2) is 10.8 Å². The number of rotatable bonds is 7. The predicted molar refractivity (Wildman–Crippen MR) is 83.7 cm³/mol. The maximum absolute atomic E-state index is 6.12. The molecule has 0 saturated heterocycles. The number of anilines is 1. The fraction of sp³-hybridized carbons (Fsp3) is 0.615. The lowest BCUT2D eigenvalue weighted by atomic mass is 10.3. The van der Waals surface area contributed by atoms with Gasteiger partial charge >= 0.3 is 0 Å². The molecule has 4 nitrogen and oxygen atoms in total.